The Kier molecular flexibility index (Phi) is 2.92. The average molecular weight is 245 g/mol. The highest BCUT2D eigenvalue weighted by molar-refractivity contribution is 5.42. The number of hydrogen-bond acceptors (Lipinski definition) is 6. The first kappa shape index (κ1) is 11.1. The van der Waals surface area contributed by atoms with E-state index in [0.717, 1.165) is 37.5 Å². The van der Waals surface area contributed by atoms with Gasteiger partial charge in [0.1, 0.15) is 6.33 Å². The summed E-state index contributed by atoms with van der Waals surface area (Å²) in [4.78, 5) is 14.7. The fourth-order valence-corrected chi connectivity index (χ4v) is 2.35. The van der Waals surface area contributed by atoms with Crippen LogP contribution in [0.2, 0.25) is 0 Å². The van der Waals surface area contributed by atoms with E-state index in [9.17, 15) is 0 Å². The van der Waals surface area contributed by atoms with E-state index in [1.807, 2.05) is 19.3 Å². The predicted octanol–water partition coefficient (Wildman–Crippen LogP) is 1.55. The number of anilines is 1. The first-order valence-corrected chi connectivity index (χ1v) is 6.13. The molecule has 2 aromatic heterocycles. The molecule has 94 valence electrons. The van der Waals surface area contributed by atoms with Crippen LogP contribution in [0, 0.1) is 6.92 Å². The number of aryl methyl sites for hydroxylation is 1. The first-order chi connectivity index (χ1) is 8.83. The molecule has 3 heterocycles. The second-order valence-corrected chi connectivity index (χ2v) is 4.56. The van der Waals surface area contributed by atoms with Crippen molar-refractivity contribution in [1.29, 1.82) is 0 Å². The van der Waals surface area contributed by atoms with Gasteiger partial charge in [-0.15, -0.1) is 0 Å². The zero-order valence-electron chi connectivity index (χ0n) is 10.3. The summed E-state index contributed by atoms with van der Waals surface area (Å²) in [6, 6.07) is 0. The van der Waals surface area contributed by atoms with Gasteiger partial charge in [0.25, 0.3) is 0 Å². The molecule has 1 aliphatic heterocycles. The van der Waals surface area contributed by atoms with Crippen LogP contribution in [0.1, 0.15) is 30.5 Å². The molecule has 1 fully saturated rings. The fraction of sp³-hybridized carbons (Fsp3) is 0.500. The third kappa shape index (κ3) is 2.18. The predicted molar refractivity (Wildman–Crippen MR) is 65.3 cm³/mol. The minimum Gasteiger partial charge on any atom is -0.368 e. The van der Waals surface area contributed by atoms with Gasteiger partial charge < -0.3 is 9.42 Å². The Morgan fingerprint density at radius 3 is 2.89 bits per heavy atom. The smallest absolute Gasteiger partial charge is 0.231 e. The summed E-state index contributed by atoms with van der Waals surface area (Å²) in [5, 5.41) is 3.86. The summed E-state index contributed by atoms with van der Waals surface area (Å²) in [7, 11) is 0. The van der Waals surface area contributed by atoms with Gasteiger partial charge in [-0.05, 0) is 19.8 Å². The van der Waals surface area contributed by atoms with Crippen molar-refractivity contribution in [2.75, 3.05) is 18.0 Å². The van der Waals surface area contributed by atoms with Crippen molar-refractivity contribution in [3.63, 3.8) is 0 Å². The number of piperidine rings is 1. The molecule has 0 bridgehead atoms. The Balaban J connectivity index is 1.76. The second-order valence-electron chi connectivity index (χ2n) is 4.56. The Labute approximate surface area is 105 Å². The third-order valence-corrected chi connectivity index (χ3v) is 3.23. The number of hydrogen-bond donors (Lipinski definition) is 0. The molecule has 1 atom stereocenters. The molecule has 0 aliphatic carbocycles. The van der Waals surface area contributed by atoms with E-state index < -0.39 is 0 Å². The SMILES string of the molecule is Cc1noc([C@H]2CCCN(c3cncnc3)C2)n1. The summed E-state index contributed by atoms with van der Waals surface area (Å²) in [6.07, 6.45) is 7.43. The molecule has 0 amide bonds. The summed E-state index contributed by atoms with van der Waals surface area (Å²) < 4.78 is 5.27. The maximum absolute atomic E-state index is 5.27. The van der Waals surface area contributed by atoms with Crippen LogP contribution in [0.3, 0.4) is 0 Å². The Morgan fingerprint density at radius 1 is 1.33 bits per heavy atom. The van der Waals surface area contributed by atoms with E-state index in [-0.39, 0.29) is 0 Å². The van der Waals surface area contributed by atoms with Crippen LogP contribution < -0.4 is 4.90 Å². The van der Waals surface area contributed by atoms with E-state index in [1.165, 1.54) is 0 Å². The van der Waals surface area contributed by atoms with Gasteiger partial charge in [-0.2, -0.15) is 4.98 Å². The third-order valence-electron chi connectivity index (χ3n) is 3.23. The summed E-state index contributed by atoms with van der Waals surface area (Å²) in [5.74, 6) is 1.75. The highest BCUT2D eigenvalue weighted by atomic mass is 16.5. The molecule has 1 aliphatic rings. The van der Waals surface area contributed by atoms with Crippen LogP contribution in [-0.2, 0) is 0 Å². The van der Waals surface area contributed by atoms with Crippen molar-refractivity contribution in [2.45, 2.75) is 25.7 Å². The molecule has 1 saturated heterocycles. The Bertz CT molecular complexity index is 512. The molecule has 0 aromatic carbocycles. The zero-order valence-corrected chi connectivity index (χ0v) is 10.3. The molecular formula is C12H15N5O. The van der Waals surface area contributed by atoms with Crippen molar-refractivity contribution in [2.24, 2.45) is 0 Å². The van der Waals surface area contributed by atoms with Crippen molar-refractivity contribution in [3.05, 3.63) is 30.4 Å². The zero-order chi connectivity index (χ0) is 12.4. The molecule has 6 heteroatoms. The highest BCUT2D eigenvalue weighted by Crippen LogP contribution is 2.28. The summed E-state index contributed by atoms with van der Waals surface area (Å²) in [6.45, 7) is 3.75. The van der Waals surface area contributed by atoms with Crippen molar-refractivity contribution >= 4 is 5.69 Å². The van der Waals surface area contributed by atoms with E-state index >= 15 is 0 Å². The lowest BCUT2D eigenvalue weighted by Gasteiger charge is -2.32. The van der Waals surface area contributed by atoms with Gasteiger partial charge in [-0.3, -0.25) is 0 Å². The second kappa shape index (κ2) is 4.72. The van der Waals surface area contributed by atoms with Gasteiger partial charge in [0.05, 0.1) is 24.0 Å². The van der Waals surface area contributed by atoms with Crippen LogP contribution in [0.25, 0.3) is 0 Å². The lowest BCUT2D eigenvalue weighted by Crippen LogP contribution is -2.34. The van der Waals surface area contributed by atoms with E-state index in [2.05, 4.69) is 25.0 Å². The maximum atomic E-state index is 5.27. The molecule has 3 rings (SSSR count). The molecule has 6 nitrogen and oxygen atoms in total. The molecule has 0 spiro atoms. The van der Waals surface area contributed by atoms with Gasteiger partial charge in [0.15, 0.2) is 5.82 Å². The van der Waals surface area contributed by atoms with Crippen LogP contribution in [0.4, 0.5) is 5.69 Å². The molecule has 0 saturated carbocycles. The number of nitrogens with zero attached hydrogens (tertiary/aromatic N) is 5. The lowest BCUT2D eigenvalue weighted by atomic mass is 9.98. The van der Waals surface area contributed by atoms with Gasteiger partial charge >= 0.3 is 0 Å². The quantitative estimate of drug-likeness (QED) is 0.799. The van der Waals surface area contributed by atoms with Crippen LogP contribution in [-0.4, -0.2) is 33.2 Å². The fourth-order valence-electron chi connectivity index (χ4n) is 2.35. The molecular weight excluding hydrogens is 230 g/mol. The molecule has 18 heavy (non-hydrogen) atoms. The molecule has 0 radical (unpaired) electrons. The van der Waals surface area contributed by atoms with Gasteiger partial charge in [0.2, 0.25) is 5.89 Å². The van der Waals surface area contributed by atoms with Crippen molar-refractivity contribution in [1.82, 2.24) is 20.1 Å². The van der Waals surface area contributed by atoms with E-state index in [4.69, 9.17) is 4.52 Å². The molecule has 0 N–H and O–H groups in total. The first-order valence-electron chi connectivity index (χ1n) is 6.13. The van der Waals surface area contributed by atoms with Crippen molar-refractivity contribution in [3.8, 4) is 0 Å². The largest absolute Gasteiger partial charge is 0.368 e. The Hall–Kier alpha value is -1.98. The molecule has 0 unspecified atom stereocenters. The normalized spacial score (nSPS) is 20.1. The van der Waals surface area contributed by atoms with E-state index in [1.54, 1.807) is 6.33 Å². The number of rotatable bonds is 2. The maximum Gasteiger partial charge on any atom is 0.231 e. The Morgan fingerprint density at radius 2 is 2.17 bits per heavy atom. The summed E-state index contributed by atoms with van der Waals surface area (Å²) >= 11 is 0. The van der Waals surface area contributed by atoms with Crippen LogP contribution >= 0.6 is 0 Å². The minimum atomic E-state index is 0.306. The average Bonchev–Trinajstić information content (AvgIpc) is 2.87. The monoisotopic (exact) mass is 245 g/mol. The number of aromatic nitrogens is 4. The van der Waals surface area contributed by atoms with Gasteiger partial charge in [0, 0.05) is 13.1 Å². The molecule has 2 aromatic rings. The van der Waals surface area contributed by atoms with Gasteiger partial charge in [-0.25, -0.2) is 9.97 Å². The van der Waals surface area contributed by atoms with E-state index in [0.29, 0.717) is 11.7 Å². The van der Waals surface area contributed by atoms with Gasteiger partial charge in [-0.1, -0.05) is 5.16 Å². The van der Waals surface area contributed by atoms with Crippen LogP contribution in [0.5, 0.6) is 0 Å². The highest BCUT2D eigenvalue weighted by Gasteiger charge is 2.25. The lowest BCUT2D eigenvalue weighted by molar-refractivity contribution is 0.331. The van der Waals surface area contributed by atoms with Crippen LogP contribution in [0.15, 0.2) is 23.2 Å². The minimum absolute atomic E-state index is 0.306. The van der Waals surface area contributed by atoms with Crippen molar-refractivity contribution < 1.29 is 4.52 Å². The summed E-state index contributed by atoms with van der Waals surface area (Å²) in [5.41, 5.74) is 1.05. The standard InChI is InChI=1S/C12H15N5O/c1-9-15-12(18-16-9)10-3-2-4-17(7-10)11-5-13-8-14-6-11/h5-6,8,10H,2-4,7H2,1H3/t10-/m0/s1. The topological polar surface area (TPSA) is 67.9 Å².